The second-order valence-corrected chi connectivity index (χ2v) is 9.81. The molecule has 7 nitrogen and oxygen atoms in total. The SMILES string of the molecule is CCNC(=O)C(C)N(Cc1ccc(Cl)c(Cl)c1)C(=O)CN(c1ccc(F)cc1)S(C)(=O)=O. The lowest BCUT2D eigenvalue weighted by molar-refractivity contribution is -0.139. The highest BCUT2D eigenvalue weighted by molar-refractivity contribution is 7.92. The van der Waals surface area contributed by atoms with Crippen LogP contribution >= 0.6 is 23.2 Å². The second kappa shape index (κ2) is 11.0. The van der Waals surface area contributed by atoms with Gasteiger partial charge in [-0.25, -0.2) is 12.8 Å². The predicted molar refractivity (Wildman–Crippen MR) is 124 cm³/mol. The highest BCUT2D eigenvalue weighted by Gasteiger charge is 2.30. The van der Waals surface area contributed by atoms with Crippen LogP contribution in [0.1, 0.15) is 19.4 Å². The maximum Gasteiger partial charge on any atom is 0.244 e. The summed E-state index contributed by atoms with van der Waals surface area (Å²) in [5.41, 5.74) is 0.735. The largest absolute Gasteiger partial charge is 0.355 e. The molecule has 0 fully saturated rings. The molecule has 0 aliphatic heterocycles. The third-order valence-electron chi connectivity index (χ3n) is 4.65. The number of likely N-dealkylation sites (N-methyl/N-ethyl adjacent to an activating group) is 1. The summed E-state index contributed by atoms with van der Waals surface area (Å²) < 4.78 is 38.9. The Bertz CT molecular complexity index is 1080. The van der Waals surface area contributed by atoms with Crippen LogP contribution < -0.4 is 9.62 Å². The summed E-state index contributed by atoms with van der Waals surface area (Å²) >= 11 is 12.0. The molecule has 2 aromatic carbocycles. The number of sulfonamides is 1. The molecule has 1 atom stereocenters. The first-order valence-electron chi connectivity index (χ1n) is 9.68. The molecular formula is C21H24Cl2FN3O4S. The quantitative estimate of drug-likeness (QED) is 0.567. The topological polar surface area (TPSA) is 86.8 Å². The van der Waals surface area contributed by atoms with Crippen molar-refractivity contribution in [3.63, 3.8) is 0 Å². The van der Waals surface area contributed by atoms with Gasteiger partial charge in [0.05, 0.1) is 22.0 Å². The molecule has 0 saturated carbocycles. The first-order chi connectivity index (χ1) is 14.9. The standard InChI is InChI=1S/C21H24Cl2FN3O4S/c1-4-25-21(29)14(2)26(12-15-5-10-18(22)19(23)11-15)20(28)13-27(32(3,30)31)17-8-6-16(24)7-9-17/h5-11,14H,4,12-13H2,1-3H3,(H,25,29). The Morgan fingerprint density at radius 1 is 1.09 bits per heavy atom. The van der Waals surface area contributed by atoms with Gasteiger partial charge in [0.2, 0.25) is 21.8 Å². The molecule has 0 heterocycles. The van der Waals surface area contributed by atoms with Gasteiger partial charge in [-0.2, -0.15) is 0 Å². The Morgan fingerprint density at radius 3 is 2.25 bits per heavy atom. The first kappa shape index (κ1) is 25.9. The molecule has 0 aliphatic rings. The van der Waals surface area contributed by atoms with Gasteiger partial charge in [0.15, 0.2) is 0 Å². The predicted octanol–water partition coefficient (Wildman–Crippen LogP) is 3.45. The lowest BCUT2D eigenvalue weighted by Gasteiger charge is -2.31. The average molecular weight is 504 g/mol. The number of nitrogens with zero attached hydrogens (tertiary/aromatic N) is 2. The van der Waals surface area contributed by atoms with Crippen molar-refractivity contribution in [3.8, 4) is 0 Å². The van der Waals surface area contributed by atoms with Gasteiger partial charge in [-0.05, 0) is 55.8 Å². The van der Waals surface area contributed by atoms with E-state index in [0.717, 1.165) is 22.7 Å². The first-order valence-corrected chi connectivity index (χ1v) is 12.3. The van der Waals surface area contributed by atoms with Crippen LogP contribution in [0.25, 0.3) is 0 Å². The zero-order chi connectivity index (χ0) is 24.1. The van der Waals surface area contributed by atoms with Crippen molar-refractivity contribution in [2.75, 3.05) is 23.7 Å². The number of hydrogen-bond acceptors (Lipinski definition) is 4. The van der Waals surface area contributed by atoms with E-state index in [1.54, 1.807) is 32.0 Å². The van der Waals surface area contributed by atoms with Gasteiger partial charge in [0, 0.05) is 13.1 Å². The van der Waals surface area contributed by atoms with Crippen molar-refractivity contribution in [1.29, 1.82) is 0 Å². The van der Waals surface area contributed by atoms with Crippen molar-refractivity contribution < 1.29 is 22.4 Å². The van der Waals surface area contributed by atoms with Gasteiger partial charge in [0.1, 0.15) is 18.4 Å². The van der Waals surface area contributed by atoms with Crippen LogP contribution in [-0.2, 0) is 26.2 Å². The van der Waals surface area contributed by atoms with Gasteiger partial charge >= 0.3 is 0 Å². The molecule has 1 N–H and O–H groups in total. The van der Waals surface area contributed by atoms with Crippen molar-refractivity contribution in [2.24, 2.45) is 0 Å². The normalized spacial score (nSPS) is 12.2. The zero-order valence-electron chi connectivity index (χ0n) is 17.8. The monoisotopic (exact) mass is 503 g/mol. The van der Waals surface area contributed by atoms with Gasteiger partial charge < -0.3 is 10.2 Å². The Hall–Kier alpha value is -2.36. The smallest absolute Gasteiger partial charge is 0.244 e. The van der Waals surface area contributed by atoms with Crippen LogP contribution in [-0.4, -0.2) is 50.5 Å². The summed E-state index contributed by atoms with van der Waals surface area (Å²) in [6.07, 6.45) is 0.945. The number of nitrogens with one attached hydrogen (secondary N) is 1. The molecule has 2 rings (SSSR count). The van der Waals surface area contributed by atoms with E-state index in [0.29, 0.717) is 17.1 Å². The van der Waals surface area contributed by atoms with E-state index in [2.05, 4.69) is 5.32 Å². The fourth-order valence-corrected chi connectivity index (χ4v) is 4.13. The highest BCUT2D eigenvalue weighted by Crippen LogP contribution is 2.24. The number of halogens is 3. The molecule has 11 heteroatoms. The van der Waals surface area contributed by atoms with Gasteiger partial charge in [-0.15, -0.1) is 0 Å². The van der Waals surface area contributed by atoms with Crippen LogP contribution in [0.2, 0.25) is 10.0 Å². The molecule has 0 bridgehead atoms. The third kappa shape index (κ3) is 6.82. The Balaban J connectivity index is 2.39. The van der Waals surface area contributed by atoms with Crippen molar-refractivity contribution in [2.45, 2.75) is 26.4 Å². The average Bonchev–Trinajstić information content (AvgIpc) is 2.72. The van der Waals surface area contributed by atoms with Crippen LogP contribution in [0, 0.1) is 5.82 Å². The summed E-state index contributed by atoms with van der Waals surface area (Å²) in [6, 6.07) is 8.63. The molecule has 0 spiro atoms. The van der Waals surface area contributed by atoms with Crippen molar-refractivity contribution >= 4 is 50.7 Å². The lowest BCUT2D eigenvalue weighted by Crippen LogP contribution is -2.51. The van der Waals surface area contributed by atoms with E-state index >= 15 is 0 Å². The van der Waals surface area contributed by atoms with Gasteiger partial charge in [-0.1, -0.05) is 29.3 Å². The van der Waals surface area contributed by atoms with Crippen LogP contribution in [0.4, 0.5) is 10.1 Å². The molecule has 0 saturated heterocycles. The van der Waals surface area contributed by atoms with Crippen LogP contribution in [0.5, 0.6) is 0 Å². The van der Waals surface area contributed by atoms with Crippen LogP contribution in [0.15, 0.2) is 42.5 Å². The molecule has 1 unspecified atom stereocenters. The summed E-state index contributed by atoms with van der Waals surface area (Å²) in [5.74, 6) is -1.56. The highest BCUT2D eigenvalue weighted by atomic mass is 35.5. The van der Waals surface area contributed by atoms with E-state index < -0.39 is 40.2 Å². The lowest BCUT2D eigenvalue weighted by atomic mass is 10.1. The molecule has 0 aromatic heterocycles. The van der Waals surface area contributed by atoms with Crippen LogP contribution in [0.3, 0.4) is 0 Å². The number of rotatable bonds is 9. The van der Waals surface area contributed by atoms with Crippen molar-refractivity contribution in [3.05, 3.63) is 63.9 Å². The molecule has 174 valence electrons. The fourth-order valence-electron chi connectivity index (χ4n) is 2.96. The Kier molecular flexibility index (Phi) is 8.89. The molecule has 32 heavy (non-hydrogen) atoms. The number of carbonyl (C=O) groups excluding carboxylic acids is 2. The van der Waals surface area contributed by atoms with E-state index in [1.807, 2.05) is 0 Å². The van der Waals surface area contributed by atoms with E-state index in [1.165, 1.54) is 17.0 Å². The number of carbonyl (C=O) groups is 2. The molecule has 2 aromatic rings. The van der Waals surface area contributed by atoms with Gasteiger partial charge in [0.25, 0.3) is 0 Å². The minimum absolute atomic E-state index is 0.00492. The number of anilines is 1. The summed E-state index contributed by atoms with van der Waals surface area (Å²) in [6.45, 7) is 3.08. The molecule has 2 amide bonds. The molecule has 0 aliphatic carbocycles. The van der Waals surface area contributed by atoms with E-state index in [-0.39, 0.29) is 17.3 Å². The van der Waals surface area contributed by atoms with Crippen molar-refractivity contribution in [1.82, 2.24) is 10.2 Å². The minimum Gasteiger partial charge on any atom is -0.355 e. The second-order valence-electron chi connectivity index (χ2n) is 7.09. The fraction of sp³-hybridized carbons (Fsp3) is 0.333. The van der Waals surface area contributed by atoms with E-state index in [9.17, 15) is 22.4 Å². The number of hydrogen-bond donors (Lipinski definition) is 1. The Morgan fingerprint density at radius 2 is 1.72 bits per heavy atom. The minimum atomic E-state index is -3.88. The zero-order valence-corrected chi connectivity index (χ0v) is 20.1. The number of benzene rings is 2. The maximum absolute atomic E-state index is 13.3. The van der Waals surface area contributed by atoms with Gasteiger partial charge in [-0.3, -0.25) is 13.9 Å². The maximum atomic E-state index is 13.3. The van der Waals surface area contributed by atoms with E-state index in [4.69, 9.17) is 23.2 Å². The summed E-state index contributed by atoms with van der Waals surface area (Å²) in [5, 5.41) is 3.28. The summed E-state index contributed by atoms with van der Waals surface area (Å²) in [7, 11) is -3.88. The summed E-state index contributed by atoms with van der Waals surface area (Å²) in [4.78, 5) is 27.0. The Labute approximate surface area is 197 Å². The molecular weight excluding hydrogens is 480 g/mol. The third-order valence-corrected chi connectivity index (χ3v) is 6.53. The molecule has 0 radical (unpaired) electrons. The number of amides is 2.